The highest BCUT2D eigenvalue weighted by Gasteiger charge is 2.11. The van der Waals surface area contributed by atoms with E-state index >= 15 is 0 Å². The highest BCUT2D eigenvalue weighted by molar-refractivity contribution is 6.30. The molecule has 0 aliphatic carbocycles. The third kappa shape index (κ3) is 4.33. The molecule has 0 N–H and O–H groups in total. The lowest BCUT2D eigenvalue weighted by atomic mass is 10.1. The molecular weight excluding hydrogens is 366 g/mol. The molecule has 4 rings (SSSR count). The number of nitrogens with zero attached hydrogens (tertiary/aromatic N) is 1. The van der Waals surface area contributed by atoms with Crippen molar-refractivity contribution >= 4 is 22.6 Å². The second-order valence-corrected chi connectivity index (χ2v) is 6.89. The number of halogens is 1. The highest BCUT2D eigenvalue weighted by atomic mass is 35.5. The lowest BCUT2D eigenvalue weighted by Gasteiger charge is -2.26. The van der Waals surface area contributed by atoms with Crippen LogP contribution >= 0.6 is 11.6 Å². The topological polar surface area (TPSA) is 51.9 Å². The Hall–Kier alpha value is -2.34. The van der Waals surface area contributed by atoms with Gasteiger partial charge in [-0.1, -0.05) is 23.7 Å². The Morgan fingerprint density at radius 1 is 1.04 bits per heavy atom. The van der Waals surface area contributed by atoms with E-state index in [4.69, 9.17) is 25.5 Å². The van der Waals surface area contributed by atoms with Gasteiger partial charge in [0.1, 0.15) is 17.9 Å². The zero-order valence-electron chi connectivity index (χ0n) is 14.8. The van der Waals surface area contributed by atoms with Crippen LogP contribution in [0.15, 0.2) is 57.7 Å². The largest absolute Gasteiger partial charge is 0.492 e. The van der Waals surface area contributed by atoms with Crippen molar-refractivity contribution in [1.29, 1.82) is 0 Å². The lowest BCUT2D eigenvalue weighted by molar-refractivity contribution is 0.0322. The van der Waals surface area contributed by atoms with Crippen LogP contribution in [-0.2, 0) is 4.74 Å². The maximum Gasteiger partial charge on any atom is 0.344 e. The van der Waals surface area contributed by atoms with Crippen molar-refractivity contribution in [1.82, 2.24) is 4.90 Å². The molecule has 6 heteroatoms. The van der Waals surface area contributed by atoms with E-state index in [2.05, 4.69) is 4.90 Å². The molecule has 0 unspecified atom stereocenters. The van der Waals surface area contributed by atoms with Gasteiger partial charge in [0.05, 0.1) is 18.8 Å². The maximum absolute atomic E-state index is 12.4. The fourth-order valence-electron chi connectivity index (χ4n) is 3.13. The van der Waals surface area contributed by atoms with Crippen molar-refractivity contribution in [3.8, 4) is 16.9 Å². The van der Waals surface area contributed by atoms with Crippen molar-refractivity contribution in [2.75, 3.05) is 39.5 Å². The van der Waals surface area contributed by atoms with E-state index < -0.39 is 0 Å². The summed E-state index contributed by atoms with van der Waals surface area (Å²) in [5.41, 5.74) is 1.43. The summed E-state index contributed by atoms with van der Waals surface area (Å²) in [6.45, 7) is 4.85. The molecule has 27 heavy (non-hydrogen) atoms. The summed E-state index contributed by atoms with van der Waals surface area (Å²) in [5.74, 6) is 0.693. The second kappa shape index (κ2) is 8.13. The van der Waals surface area contributed by atoms with Crippen molar-refractivity contribution in [2.45, 2.75) is 0 Å². The minimum absolute atomic E-state index is 0.379. The van der Waals surface area contributed by atoms with Crippen molar-refractivity contribution in [3.63, 3.8) is 0 Å². The Labute approximate surface area is 162 Å². The van der Waals surface area contributed by atoms with E-state index in [0.717, 1.165) is 43.8 Å². The molecule has 0 spiro atoms. The van der Waals surface area contributed by atoms with Gasteiger partial charge in [-0.25, -0.2) is 4.79 Å². The quantitative estimate of drug-likeness (QED) is 0.625. The van der Waals surface area contributed by atoms with Gasteiger partial charge in [-0.3, -0.25) is 4.90 Å². The summed E-state index contributed by atoms with van der Waals surface area (Å²) in [5, 5.41) is 1.47. The van der Waals surface area contributed by atoms with Gasteiger partial charge in [0.2, 0.25) is 0 Å². The number of ether oxygens (including phenoxy) is 2. The average Bonchev–Trinajstić information content (AvgIpc) is 2.69. The molecule has 2 aromatic carbocycles. The van der Waals surface area contributed by atoms with Crippen LogP contribution in [-0.4, -0.2) is 44.4 Å². The molecule has 0 bridgehead atoms. The van der Waals surface area contributed by atoms with Crippen molar-refractivity contribution in [2.24, 2.45) is 0 Å². The van der Waals surface area contributed by atoms with Crippen LogP contribution in [0.2, 0.25) is 5.02 Å². The molecule has 0 saturated carbocycles. The van der Waals surface area contributed by atoms with Crippen molar-refractivity contribution in [3.05, 3.63) is 64.0 Å². The normalized spacial score (nSPS) is 15.1. The molecule has 0 amide bonds. The van der Waals surface area contributed by atoms with Gasteiger partial charge in [-0.2, -0.15) is 0 Å². The molecule has 1 fully saturated rings. The first-order valence-electron chi connectivity index (χ1n) is 8.96. The van der Waals surface area contributed by atoms with Gasteiger partial charge in [0, 0.05) is 36.1 Å². The molecule has 140 valence electrons. The lowest BCUT2D eigenvalue weighted by Crippen LogP contribution is -2.38. The van der Waals surface area contributed by atoms with Crippen LogP contribution < -0.4 is 10.4 Å². The zero-order chi connectivity index (χ0) is 18.6. The predicted molar refractivity (Wildman–Crippen MR) is 106 cm³/mol. The number of rotatable bonds is 5. The van der Waals surface area contributed by atoms with E-state index in [0.29, 0.717) is 28.5 Å². The van der Waals surface area contributed by atoms with Crippen molar-refractivity contribution < 1.29 is 13.9 Å². The van der Waals surface area contributed by atoms with Gasteiger partial charge >= 0.3 is 5.63 Å². The Kier molecular flexibility index (Phi) is 5.43. The van der Waals surface area contributed by atoms with Crippen LogP contribution in [0.1, 0.15) is 0 Å². The standard InChI is InChI=1S/C21H20ClNO4/c22-17-4-1-15(2-5-17)19-13-16-3-6-18(14-20(16)27-21(19)24)26-12-9-23-7-10-25-11-8-23/h1-6,13-14H,7-12H2. The summed E-state index contributed by atoms with van der Waals surface area (Å²) >= 11 is 5.92. The van der Waals surface area contributed by atoms with Gasteiger partial charge < -0.3 is 13.9 Å². The Morgan fingerprint density at radius 2 is 1.81 bits per heavy atom. The minimum Gasteiger partial charge on any atom is -0.492 e. The first-order valence-corrected chi connectivity index (χ1v) is 9.33. The molecule has 0 radical (unpaired) electrons. The first kappa shape index (κ1) is 18.0. The Morgan fingerprint density at radius 3 is 2.59 bits per heavy atom. The summed E-state index contributed by atoms with van der Waals surface area (Å²) in [7, 11) is 0. The summed E-state index contributed by atoms with van der Waals surface area (Å²) in [6, 6.07) is 14.5. The molecule has 1 aliphatic rings. The number of morpholine rings is 1. The third-order valence-corrected chi connectivity index (χ3v) is 4.89. The molecule has 1 saturated heterocycles. The van der Waals surface area contributed by atoms with E-state index in [1.807, 2.05) is 30.3 Å². The molecular formula is C21H20ClNO4. The minimum atomic E-state index is -0.379. The zero-order valence-corrected chi connectivity index (χ0v) is 15.6. The fraction of sp³-hybridized carbons (Fsp3) is 0.286. The summed E-state index contributed by atoms with van der Waals surface area (Å²) in [6.07, 6.45) is 0. The summed E-state index contributed by atoms with van der Waals surface area (Å²) in [4.78, 5) is 14.7. The van der Waals surface area contributed by atoms with Crippen LogP contribution in [0.5, 0.6) is 5.75 Å². The van der Waals surface area contributed by atoms with E-state index in [-0.39, 0.29) is 5.63 Å². The highest BCUT2D eigenvalue weighted by Crippen LogP contribution is 2.25. The SMILES string of the molecule is O=c1oc2cc(OCCN3CCOCC3)ccc2cc1-c1ccc(Cl)cc1. The first-order chi connectivity index (χ1) is 13.2. The smallest absolute Gasteiger partial charge is 0.344 e. The van der Waals surface area contributed by atoms with E-state index in [9.17, 15) is 4.79 Å². The van der Waals surface area contributed by atoms with E-state index in [1.165, 1.54) is 0 Å². The van der Waals surface area contributed by atoms with E-state index in [1.54, 1.807) is 18.2 Å². The molecule has 5 nitrogen and oxygen atoms in total. The molecule has 1 aromatic heterocycles. The monoisotopic (exact) mass is 385 g/mol. The second-order valence-electron chi connectivity index (χ2n) is 6.46. The van der Waals surface area contributed by atoms with Gasteiger partial charge in [0.25, 0.3) is 0 Å². The number of hydrogen-bond donors (Lipinski definition) is 0. The molecule has 0 atom stereocenters. The predicted octanol–water partition coefficient (Wildman–Crippen LogP) is 3.82. The van der Waals surface area contributed by atoms with Gasteiger partial charge in [-0.15, -0.1) is 0 Å². The Balaban J connectivity index is 1.50. The average molecular weight is 386 g/mol. The molecule has 1 aliphatic heterocycles. The fourth-order valence-corrected chi connectivity index (χ4v) is 3.26. The maximum atomic E-state index is 12.4. The molecule has 3 aromatic rings. The number of benzene rings is 2. The number of hydrogen-bond acceptors (Lipinski definition) is 5. The van der Waals surface area contributed by atoms with Gasteiger partial charge in [-0.05, 0) is 35.9 Å². The Bertz CT molecular complexity index is 978. The van der Waals surface area contributed by atoms with Crippen LogP contribution in [0.25, 0.3) is 22.1 Å². The van der Waals surface area contributed by atoms with Crippen LogP contribution in [0.4, 0.5) is 0 Å². The summed E-state index contributed by atoms with van der Waals surface area (Å²) < 4.78 is 16.7. The van der Waals surface area contributed by atoms with Crippen LogP contribution in [0.3, 0.4) is 0 Å². The number of fused-ring (bicyclic) bond motifs is 1. The molecule has 2 heterocycles. The third-order valence-electron chi connectivity index (χ3n) is 4.64. The van der Waals surface area contributed by atoms with Gasteiger partial charge in [0.15, 0.2) is 0 Å². The van der Waals surface area contributed by atoms with Crippen LogP contribution in [0, 0.1) is 0 Å².